The van der Waals surface area contributed by atoms with E-state index in [1.54, 1.807) is 0 Å². The maximum atomic E-state index is 11.6. The van der Waals surface area contributed by atoms with E-state index in [0.717, 1.165) is 9.35 Å². The van der Waals surface area contributed by atoms with E-state index in [2.05, 4.69) is 26.6 Å². The van der Waals surface area contributed by atoms with Gasteiger partial charge >= 0.3 is 18.0 Å². The average Bonchev–Trinajstić information content (AvgIpc) is 2.80. The summed E-state index contributed by atoms with van der Waals surface area (Å²) in [6, 6.07) is 0.161. The van der Waals surface area contributed by atoms with E-state index in [1.165, 1.54) is 11.3 Å². The van der Waals surface area contributed by atoms with Gasteiger partial charge in [0.2, 0.25) is 0 Å². The smallest absolute Gasteiger partial charge is 0.326 e. The second-order valence-electron chi connectivity index (χ2n) is 4.24. The van der Waals surface area contributed by atoms with Gasteiger partial charge in [0.25, 0.3) is 0 Å². The second-order valence-corrected chi connectivity index (χ2v) is 6.15. The topological polar surface area (TPSA) is 116 Å². The Morgan fingerprint density at radius 3 is 2.57 bits per heavy atom. The quantitative estimate of drug-likeness (QED) is 0.552. The van der Waals surface area contributed by atoms with Crippen LogP contribution >= 0.6 is 27.3 Å². The monoisotopic (exact) mass is 378 g/mol. The molecule has 1 aromatic rings. The standard InChI is InChI=1S/C12H15BrN2O5S/c13-7-4-8(21-6-7)5-14-12(20)15-9(11(18)19)2-1-3-10(16)17/h4,6,9H,1-3,5H2,(H,16,17)(H,18,19)(H2,14,15,20)/t9-/m1/s1. The van der Waals surface area contributed by atoms with Crippen molar-refractivity contribution < 1.29 is 24.6 Å². The van der Waals surface area contributed by atoms with Crippen LogP contribution in [0.4, 0.5) is 4.79 Å². The lowest BCUT2D eigenvalue weighted by atomic mass is 10.1. The van der Waals surface area contributed by atoms with Gasteiger partial charge in [-0.25, -0.2) is 9.59 Å². The highest BCUT2D eigenvalue weighted by molar-refractivity contribution is 9.10. The first kappa shape index (κ1) is 17.4. The van der Waals surface area contributed by atoms with Gasteiger partial charge in [-0.1, -0.05) is 0 Å². The summed E-state index contributed by atoms with van der Waals surface area (Å²) in [6.07, 6.45) is 0.125. The van der Waals surface area contributed by atoms with Crippen molar-refractivity contribution in [1.82, 2.24) is 10.6 Å². The van der Waals surface area contributed by atoms with Crippen LogP contribution in [0.5, 0.6) is 0 Å². The molecule has 0 saturated carbocycles. The van der Waals surface area contributed by atoms with Crippen LogP contribution < -0.4 is 10.6 Å². The normalized spacial score (nSPS) is 11.7. The van der Waals surface area contributed by atoms with Gasteiger partial charge in [0.05, 0.1) is 6.54 Å². The minimum Gasteiger partial charge on any atom is -0.481 e. The molecular weight excluding hydrogens is 364 g/mol. The van der Waals surface area contributed by atoms with Gasteiger partial charge in [-0.15, -0.1) is 11.3 Å². The summed E-state index contributed by atoms with van der Waals surface area (Å²) in [7, 11) is 0. The third kappa shape index (κ3) is 7.09. The lowest BCUT2D eigenvalue weighted by molar-refractivity contribution is -0.140. The number of carboxylic acid groups (broad SMARTS) is 2. The van der Waals surface area contributed by atoms with E-state index in [1.807, 2.05) is 11.4 Å². The minimum atomic E-state index is -1.19. The van der Waals surface area contributed by atoms with E-state index < -0.39 is 24.0 Å². The molecule has 1 aromatic heterocycles. The highest BCUT2D eigenvalue weighted by atomic mass is 79.9. The zero-order valence-corrected chi connectivity index (χ0v) is 13.4. The molecule has 4 N–H and O–H groups in total. The predicted octanol–water partition coefficient (Wildman–Crippen LogP) is 2.02. The molecule has 0 unspecified atom stereocenters. The van der Waals surface area contributed by atoms with E-state index in [0.29, 0.717) is 6.54 Å². The van der Waals surface area contributed by atoms with Crippen LogP contribution in [-0.4, -0.2) is 34.2 Å². The molecular formula is C12H15BrN2O5S. The Balaban J connectivity index is 2.37. The number of hydrogen-bond acceptors (Lipinski definition) is 4. The van der Waals surface area contributed by atoms with Gasteiger partial charge < -0.3 is 20.8 Å². The summed E-state index contributed by atoms with van der Waals surface area (Å²) in [5.41, 5.74) is 0. The number of rotatable bonds is 8. The largest absolute Gasteiger partial charge is 0.481 e. The molecule has 0 fully saturated rings. The van der Waals surface area contributed by atoms with Gasteiger partial charge in [0.15, 0.2) is 0 Å². The Morgan fingerprint density at radius 2 is 2.05 bits per heavy atom. The molecule has 1 atom stereocenters. The van der Waals surface area contributed by atoms with Crippen LogP contribution in [0, 0.1) is 0 Å². The van der Waals surface area contributed by atoms with Gasteiger partial charge in [-0.3, -0.25) is 4.79 Å². The van der Waals surface area contributed by atoms with Crippen molar-refractivity contribution in [1.29, 1.82) is 0 Å². The molecule has 0 aromatic carbocycles. The molecule has 0 aliphatic rings. The fourth-order valence-electron chi connectivity index (χ4n) is 1.54. The Kier molecular flexibility index (Phi) is 7.17. The molecule has 2 amide bonds. The van der Waals surface area contributed by atoms with Crippen LogP contribution in [0.2, 0.25) is 0 Å². The number of amides is 2. The van der Waals surface area contributed by atoms with Crippen molar-refractivity contribution in [3.05, 3.63) is 20.8 Å². The first-order valence-electron chi connectivity index (χ1n) is 6.10. The van der Waals surface area contributed by atoms with E-state index in [9.17, 15) is 14.4 Å². The average molecular weight is 379 g/mol. The first-order chi connectivity index (χ1) is 9.88. The van der Waals surface area contributed by atoms with Crippen LogP contribution in [0.25, 0.3) is 0 Å². The lowest BCUT2D eigenvalue weighted by Gasteiger charge is -2.14. The predicted molar refractivity (Wildman–Crippen MR) is 80.3 cm³/mol. The number of carboxylic acids is 2. The second kappa shape index (κ2) is 8.63. The van der Waals surface area contributed by atoms with E-state index >= 15 is 0 Å². The van der Waals surface area contributed by atoms with Crippen molar-refractivity contribution in [2.24, 2.45) is 0 Å². The summed E-state index contributed by atoms with van der Waals surface area (Å²) in [6.45, 7) is 0.295. The number of aliphatic carboxylic acids is 2. The fourth-order valence-corrected chi connectivity index (χ4v) is 2.93. The maximum Gasteiger partial charge on any atom is 0.326 e. The first-order valence-corrected chi connectivity index (χ1v) is 7.77. The van der Waals surface area contributed by atoms with Crippen molar-refractivity contribution in [3.63, 3.8) is 0 Å². The molecule has 1 heterocycles. The fraction of sp³-hybridized carbons (Fsp3) is 0.417. The third-order valence-corrected chi connectivity index (χ3v) is 4.23. The summed E-state index contributed by atoms with van der Waals surface area (Å²) in [5.74, 6) is -2.18. The Labute approximate surface area is 133 Å². The van der Waals surface area contributed by atoms with Gasteiger partial charge in [0, 0.05) is 21.2 Å². The van der Waals surface area contributed by atoms with Crippen LogP contribution in [0.3, 0.4) is 0 Å². The highest BCUT2D eigenvalue weighted by Crippen LogP contribution is 2.19. The van der Waals surface area contributed by atoms with Gasteiger partial charge in [0.1, 0.15) is 6.04 Å². The van der Waals surface area contributed by atoms with Crippen molar-refractivity contribution >= 4 is 45.2 Å². The molecule has 0 aliphatic carbocycles. The van der Waals surface area contributed by atoms with Crippen LogP contribution in [-0.2, 0) is 16.1 Å². The Bertz CT molecular complexity index is 520. The summed E-state index contributed by atoms with van der Waals surface area (Å²) >= 11 is 4.76. The van der Waals surface area contributed by atoms with E-state index in [4.69, 9.17) is 10.2 Å². The number of urea groups is 1. The number of carbonyl (C=O) groups is 3. The summed E-state index contributed by atoms with van der Waals surface area (Å²) in [5, 5.41) is 24.2. The van der Waals surface area contributed by atoms with Crippen molar-refractivity contribution in [2.45, 2.75) is 31.8 Å². The molecule has 7 nitrogen and oxygen atoms in total. The summed E-state index contributed by atoms with van der Waals surface area (Å²) in [4.78, 5) is 33.9. The van der Waals surface area contributed by atoms with Crippen molar-refractivity contribution in [3.8, 4) is 0 Å². The third-order valence-electron chi connectivity index (χ3n) is 2.53. The molecule has 0 spiro atoms. The number of halogens is 1. The molecule has 9 heteroatoms. The van der Waals surface area contributed by atoms with Gasteiger partial charge in [-0.05, 0) is 34.8 Å². The zero-order valence-electron chi connectivity index (χ0n) is 11.0. The molecule has 0 radical (unpaired) electrons. The minimum absolute atomic E-state index is 0.0691. The molecule has 0 saturated heterocycles. The highest BCUT2D eigenvalue weighted by Gasteiger charge is 2.19. The van der Waals surface area contributed by atoms with Crippen LogP contribution in [0.15, 0.2) is 15.9 Å². The molecule has 0 bridgehead atoms. The molecule has 21 heavy (non-hydrogen) atoms. The zero-order chi connectivity index (χ0) is 15.8. The van der Waals surface area contributed by atoms with E-state index in [-0.39, 0.29) is 19.3 Å². The van der Waals surface area contributed by atoms with Crippen LogP contribution in [0.1, 0.15) is 24.1 Å². The molecule has 1 rings (SSSR count). The number of thiophene rings is 1. The van der Waals surface area contributed by atoms with Gasteiger partial charge in [-0.2, -0.15) is 0 Å². The lowest BCUT2D eigenvalue weighted by Crippen LogP contribution is -2.45. The molecule has 0 aliphatic heterocycles. The summed E-state index contributed by atoms with van der Waals surface area (Å²) < 4.78 is 0.918. The number of hydrogen-bond donors (Lipinski definition) is 4. The number of nitrogens with one attached hydrogen (secondary N) is 2. The SMILES string of the molecule is O=C(O)CCC[C@@H](NC(=O)NCc1cc(Br)cs1)C(=O)O. The number of carbonyl (C=O) groups excluding carboxylic acids is 1. The Hall–Kier alpha value is -1.61. The van der Waals surface area contributed by atoms with Crippen molar-refractivity contribution in [2.75, 3.05) is 0 Å². The molecule has 116 valence electrons. The maximum absolute atomic E-state index is 11.6. The Morgan fingerprint density at radius 1 is 1.33 bits per heavy atom.